The Bertz CT molecular complexity index is 1050. The minimum atomic E-state index is -0.322. The van der Waals surface area contributed by atoms with Crippen LogP contribution in [0.5, 0.6) is 17.2 Å². The third-order valence-corrected chi connectivity index (χ3v) is 6.20. The third-order valence-electron chi connectivity index (χ3n) is 5.28. The number of rotatable bonds is 5. The first-order chi connectivity index (χ1) is 14.3. The van der Waals surface area contributed by atoms with Gasteiger partial charge in [0.2, 0.25) is 6.23 Å². The summed E-state index contributed by atoms with van der Waals surface area (Å²) in [6.07, 6.45) is 0.545. The van der Waals surface area contributed by atoms with Crippen molar-refractivity contribution in [2.75, 3.05) is 13.7 Å². The fraction of sp³-hybridized carbons (Fsp3) is 0.261. The molecule has 2 aromatic carbocycles. The molecule has 0 unspecified atom stereocenters. The highest BCUT2D eigenvalue weighted by atomic mass is 32.1. The van der Waals surface area contributed by atoms with Crippen molar-refractivity contribution in [3.63, 3.8) is 0 Å². The first kappa shape index (κ1) is 18.1. The van der Waals surface area contributed by atoms with Crippen LogP contribution in [0.2, 0.25) is 0 Å². The number of methoxy groups -OCH3 is 1. The molecule has 0 amide bonds. The van der Waals surface area contributed by atoms with Gasteiger partial charge >= 0.3 is 0 Å². The number of ether oxygens (including phenoxy) is 3. The summed E-state index contributed by atoms with van der Waals surface area (Å²) >= 11 is 1.72. The van der Waals surface area contributed by atoms with Gasteiger partial charge in [-0.3, -0.25) is 0 Å². The summed E-state index contributed by atoms with van der Waals surface area (Å²) in [4.78, 5) is 1.21. The van der Waals surface area contributed by atoms with E-state index in [4.69, 9.17) is 19.3 Å². The topological polar surface area (TPSA) is 43.3 Å². The maximum Gasteiger partial charge on any atom is 0.214 e. The fourth-order valence-electron chi connectivity index (χ4n) is 3.96. The normalized spacial score (nSPS) is 19.8. The Hall–Kier alpha value is -2.99. The van der Waals surface area contributed by atoms with Crippen LogP contribution in [-0.4, -0.2) is 24.4 Å². The van der Waals surface area contributed by atoms with Gasteiger partial charge in [0.1, 0.15) is 5.75 Å². The van der Waals surface area contributed by atoms with Crippen molar-refractivity contribution >= 4 is 17.0 Å². The van der Waals surface area contributed by atoms with Crippen LogP contribution in [0.3, 0.4) is 0 Å². The molecule has 0 bridgehead atoms. The van der Waals surface area contributed by atoms with Gasteiger partial charge in [-0.15, -0.1) is 11.3 Å². The summed E-state index contributed by atoms with van der Waals surface area (Å²) in [5.74, 6) is 2.34. The Morgan fingerprint density at radius 2 is 2.03 bits per heavy atom. The lowest BCUT2D eigenvalue weighted by atomic mass is 9.97. The molecule has 0 N–H and O–H groups in total. The van der Waals surface area contributed by atoms with E-state index < -0.39 is 0 Å². The quantitative estimate of drug-likeness (QED) is 0.569. The highest BCUT2D eigenvalue weighted by Crippen LogP contribution is 2.48. The Morgan fingerprint density at radius 1 is 1.14 bits per heavy atom. The summed E-state index contributed by atoms with van der Waals surface area (Å²) in [5.41, 5.74) is 3.27. The molecular formula is C23H22N2O3S. The van der Waals surface area contributed by atoms with E-state index in [1.54, 1.807) is 18.4 Å². The van der Waals surface area contributed by atoms with Crippen LogP contribution in [-0.2, 0) is 0 Å². The summed E-state index contributed by atoms with van der Waals surface area (Å²) in [6.45, 7) is 2.54. The summed E-state index contributed by atoms with van der Waals surface area (Å²) in [7, 11) is 1.65. The Morgan fingerprint density at radius 3 is 2.83 bits per heavy atom. The molecule has 148 valence electrons. The van der Waals surface area contributed by atoms with Crippen molar-refractivity contribution in [3.8, 4) is 17.2 Å². The largest absolute Gasteiger partial charge is 0.493 e. The van der Waals surface area contributed by atoms with E-state index in [2.05, 4.69) is 34.7 Å². The van der Waals surface area contributed by atoms with Crippen LogP contribution in [0.25, 0.3) is 0 Å². The molecule has 3 aromatic rings. The number of nitrogens with zero attached hydrogens (tertiary/aromatic N) is 2. The second kappa shape index (κ2) is 7.44. The molecule has 0 fully saturated rings. The molecular weight excluding hydrogens is 384 g/mol. The monoisotopic (exact) mass is 406 g/mol. The van der Waals surface area contributed by atoms with Crippen LogP contribution >= 0.6 is 11.3 Å². The van der Waals surface area contributed by atoms with Crippen LogP contribution in [0.1, 0.15) is 41.6 Å². The second-order valence-electron chi connectivity index (χ2n) is 6.98. The Balaban J connectivity index is 1.58. The lowest BCUT2D eigenvalue weighted by molar-refractivity contribution is -0.0191. The first-order valence-corrected chi connectivity index (χ1v) is 10.6. The van der Waals surface area contributed by atoms with Crippen molar-refractivity contribution in [2.24, 2.45) is 5.10 Å². The van der Waals surface area contributed by atoms with Crippen LogP contribution in [0.15, 0.2) is 65.1 Å². The highest BCUT2D eigenvalue weighted by molar-refractivity contribution is 7.12. The summed E-state index contributed by atoms with van der Waals surface area (Å²) in [5, 5.41) is 9.18. The minimum Gasteiger partial charge on any atom is -0.493 e. The molecule has 0 saturated heterocycles. The van der Waals surface area contributed by atoms with Gasteiger partial charge in [-0.2, -0.15) is 5.10 Å². The standard InChI is InChI=1S/C23H22N2O3S/c1-3-27-21-13-15(10-11-20(21)26-2)23-25-18(16-7-4-5-8-19(16)28-23)14-17(24-25)22-9-6-12-29-22/h4-13,18,23H,3,14H2,1-2H3/t18-,23-/m1/s1. The van der Waals surface area contributed by atoms with E-state index in [1.807, 2.05) is 37.3 Å². The summed E-state index contributed by atoms with van der Waals surface area (Å²) < 4.78 is 17.7. The lowest BCUT2D eigenvalue weighted by Gasteiger charge is -2.38. The summed E-state index contributed by atoms with van der Waals surface area (Å²) in [6, 6.07) is 18.5. The van der Waals surface area contributed by atoms with Crippen molar-refractivity contribution in [3.05, 3.63) is 76.0 Å². The predicted octanol–water partition coefficient (Wildman–Crippen LogP) is 5.40. The average Bonchev–Trinajstić information content (AvgIpc) is 3.43. The zero-order valence-electron chi connectivity index (χ0n) is 16.4. The molecule has 0 aliphatic carbocycles. The number of hydrogen-bond donors (Lipinski definition) is 0. The third kappa shape index (κ3) is 3.13. The van der Waals surface area contributed by atoms with Gasteiger partial charge in [0.15, 0.2) is 11.5 Å². The van der Waals surface area contributed by atoms with Gasteiger partial charge in [0.25, 0.3) is 0 Å². The van der Waals surface area contributed by atoms with Gasteiger partial charge in [0, 0.05) is 17.5 Å². The first-order valence-electron chi connectivity index (χ1n) is 9.74. The van der Waals surface area contributed by atoms with Gasteiger partial charge in [-0.25, -0.2) is 5.01 Å². The Labute approximate surface area is 174 Å². The molecule has 5 nitrogen and oxygen atoms in total. The van der Waals surface area contributed by atoms with Gasteiger partial charge in [-0.1, -0.05) is 24.3 Å². The van der Waals surface area contributed by atoms with Crippen LogP contribution in [0, 0.1) is 0 Å². The van der Waals surface area contributed by atoms with E-state index in [9.17, 15) is 0 Å². The molecule has 1 aromatic heterocycles. The maximum atomic E-state index is 6.43. The van der Waals surface area contributed by atoms with Crippen molar-refractivity contribution < 1.29 is 14.2 Å². The smallest absolute Gasteiger partial charge is 0.214 e. The molecule has 29 heavy (non-hydrogen) atoms. The molecule has 2 aliphatic heterocycles. The van der Waals surface area contributed by atoms with Crippen LogP contribution < -0.4 is 14.2 Å². The van der Waals surface area contributed by atoms with E-state index in [1.165, 1.54) is 10.4 Å². The van der Waals surface area contributed by atoms with Crippen molar-refractivity contribution in [2.45, 2.75) is 25.6 Å². The van der Waals surface area contributed by atoms with Crippen LogP contribution in [0.4, 0.5) is 0 Å². The number of fused-ring (bicyclic) bond motifs is 3. The van der Waals surface area contributed by atoms with Crippen molar-refractivity contribution in [1.29, 1.82) is 0 Å². The van der Waals surface area contributed by atoms with Gasteiger partial charge < -0.3 is 14.2 Å². The minimum absolute atomic E-state index is 0.152. The van der Waals surface area contributed by atoms with Crippen molar-refractivity contribution in [1.82, 2.24) is 5.01 Å². The number of hydrazone groups is 1. The zero-order chi connectivity index (χ0) is 19.8. The SMILES string of the molecule is CCOc1cc([C@H]2Oc3ccccc3[C@H]3CC(c4cccs4)=NN32)ccc1OC. The molecule has 0 spiro atoms. The predicted molar refractivity (Wildman–Crippen MR) is 114 cm³/mol. The molecule has 3 heterocycles. The van der Waals surface area contributed by atoms with E-state index in [0.29, 0.717) is 18.1 Å². The molecule has 5 rings (SSSR count). The molecule has 6 heteroatoms. The average molecular weight is 407 g/mol. The second-order valence-corrected chi connectivity index (χ2v) is 7.92. The Kier molecular flexibility index (Phi) is 4.64. The number of para-hydroxylation sites is 1. The number of thiophene rings is 1. The fourth-order valence-corrected chi connectivity index (χ4v) is 4.68. The molecule has 2 aliphatic rings. The highest BCUT2D eigenvalue weighted by Gasteiger charge is 2.41. The lowest BCUT2D eigenvalue weighted by Crippen LogP contribution is -2.33. The number of hydrogen-bond acceptors (Lipinski definition) is 6. The van der Waals surface area contributed by atoms with Gasteiger partial charge in [-0.05, 0) is 42.6 Å². The zero-order valence-corrected chi connectivity index (χ0v) is 17.2. The van der Waals surface area contributed by atoms with E-state index >= 15 is 0 Å². The van der Waals surface area contributed by atoms with Gasteiger partial charge in [0.05, 0.1) is 30.3 Å². The molecule has 2 atom stereocenters. The molecule has 0 saturated carbocycles. The van der Waals surface area contributed by atoms with E-state index in [-0.39, 0.29) is 12.3 Å². The number of benzene rings is 2. The van der Waals surface area contributed by atoms with E-state index in [0.717, 1.165) is 23.4 Å². The molecule has 0 radical (unpaired) electrons. The maximum absolute atomic E-state index is 6.43.